The second-order valence-corrected chi connectivity index (χ2v) is 6.05. The van der Waals surface area contributed by atoms with Crippen molar-refractivity contribution in [3.63, 3.8) is 0 Å². The molecule has 1 aromatic heterocycles. The van der Waals surface area contributed by atoms with Gasteiger partial charge in [0.1, 0.15) is 0 Å². The van der Waals surface area contributed by atoms with Crippen molar-refractivity contribution in [3.05, 3.63) is 58.9 Å². The molecule has 1 aromatic carbocycles. The number of rotatable bonds is 6. The number of nitrogens with one attached hydrogen (secondary N) is 1. The van der Waals surface area contributed by atoms with Crippen molar-refractivity contribution in [3.8, 4) is 0 Å². The number of halogens is 1. The van der Waals surface area contributed by atoms with Crippen molar-refractivity contribution >= 4 is 23.4 Å². The van der Waals surface area contributed by atoms with Crippen molar-refractivity contribution < 1.29 is 0 Å². The molecular formula is C16H19ClN2S. The van der Waals surface area contributed by atoms with Crippen molar-refractivity contribution in [1.82, 2.24) is 10.3 Å². The maximum Gasteiger partial charge on any atom is 0.0541 e. The summed E-state index contributed by atoms with van der Waals surface area (Å²) in [6.45, 7) is 5.06. The lowest BCUT2D eigenvalue weighted by Gasteiger charge is -2.18. The fourth-order valence-corrected chi connectivity index (χ4v) is 3.28. The first-order valence-corrected chi connectivity index (χ1v) is 8.10. The van der Waals surface area contributed by atoms with Gasteiger partial charge in [-0.15, -0.1) is 11.8 Å². The fraction of sp³-hybridized carbons (Fsp3) is 0.312. The lowest BCUT2D eigenvalue weighted by molar-refractivity contribution is 0.603. The van der Waals surface area contributed by atoms with Crippen LogP contribution in [-0.2, 0) is 0 Å². The van der Waals surface area contributed by atoms with Gasteiger partial charge >= 0.3 is 0 Å². The Morgan fingerprint density at radius 2 is 2.05 bits per heavy atom. The van der Waals surface area contributed by atoms with Crippen LogP contribution in [0.5, 0.6) is 0 Å². The molecule has 1 heterocycles. The fourth-order valence-electron chi connectivity index (χ4n) is 1.94. The van der Waals surface area contributed by atoms with Gasteiger partial charge in [0.25, 0.3) is 0 Å². The van der Waals surface area contributed by atoms with E-state index < -0.39 is 0 Å². The standard InChI is InChI=1S/C16H19ClN2S/c1-3-18-15(13-9-8-12(2)19-10-13)11-20-16-7-5-4-6-14(16)17/h4-10,15,18H,3,11H2,1-2H3. The minimum Gasteiger partial charge on any atom is -0.309 e. The smallest absolute Gasteiger partial charge is 0.0541 e. The Kier molecular flexibility index (Phi) is 5.89. The van der Waals surface area contributed by atoms with Gasteiger partial charge in [-0.05, 0) is 37.2 Å². The first-order valence-electron chi connectivity index (χ1n) is 6.74. The third-order valence-electron chi connectivity index (χ3n) is 3.03. The van der Waals surface area contributed by atoms with Crippen LogP contribution in [0.3, 0.4) is 0 Å². The zero-order valence-corrected chi connectivity index (χ0v) is 13.3. The number of hydrogen-bond acceptors (Lipinski definition) is 3. The van der Waals surface area contributed by atoms with Crippen LogP contribution < -0.4 is 5.32 Å². The average molecular weight is 307 g/mol. The monoisotopic (exact) mass is 306 g/mol. The molecule has 0 radical (unpaired) electrons. The molecule has 2 rings (SSSR count). The molecule has 0 aliphatic heterocycles. The third kappa shape index (κ3) is 4.23. The van der Waals surface area contributed by atoms with Crippen LogP contribution in [0.2, 0.25) is 5.02 Å². The Hall–Kier alpha value is -1.03. The summed E-state index contributed by atoms with van der Waals surface area (Å²) in [4.78, 5) is 5.50. The van der Waals surface area contributed by atoms with Gasteiger partial charge in [0.15, 0.2) is 0 Å². The number of pyridine rings is 1. The highest BCUT2D eigenvalue weighted by Gasteiger charge is 2.12. The zero-order chi connectivity index (χ0) is 14.4. The molecule has 0 spiro atoms. The summed E-state index contributed by atoms with van der Waals surface area (Å²) in [5, 5.41) is 4.32. The van der Waals surface area contributed by atoms with E-state index in [1.54, 1.807) is 11.8 Å². The van der Waals surface area contributed by atoms with E-state index in [1.165, 1.54) is 5.56 Å². The van der Waals surface area contributed by atoms with E-state index in [1.807, 2.05) is 31.3 Å². The van der Waals surface area contributed by atoms with E-state index in [0.717, 1.165) is 27.9 Å². The molecule has 4 heteroatoms. The number of aromatic nitrogens is 1. The maximum absolute atomic E-state index is 6.20. The van der Waals surface area contributed by atoms with Crippen LogP contribution in [-0.4, -0.2) is 17.3 Å². The second kappa shape index (κ2) is 7.67. The van der Waals surface area contributed by atoms with Crippen LogP contribution in [0.25, 0.3) is 0 Å². The molecule has 1 atom stereocenters. The number of benzene rings is 1. The van der Waals surface area contributed by atoms with Crippen LogP contribution >= 0.6 is 23.4 Å². The van der Waals surface area contributed by atoms with E-state index in [4.69, 9.17) is 11.6 Å². The summed E-state index contributed by atoms with van der Waals surface area (Å²) in [5.41, 5.74) is 2.26. The summed E-state index contributed by atoms with van der Waals surface area (Å²) >= 11 is 7.97. The third-order valence-corrected chi connectivity index (χ3v) is 4.64. The van der Waals surface area contributed by atoms with Gasteiger partial charge in [-0.25, -0.2) is 0 Å². The van der Waals surface area contributed by atoms with Gasteiger partial charge in [0.2, 0.25) is 0 Å². The number of aryl methyl sites for hydroxylation is 1. The minimum absolute atomic E-state index is 0.286. The summed E-state index contributed by atoms with van der Waals surface area (Å²) in [5.74, 6) is 0.933. The second-order valence-electron chi connectivity index (χ2n) is 4.58. The largest absolute Gasteiger partial charge is 0.309 e. The summed E-state index contributed by atoms with van der Waals surface area (Å²) in [6.07, 6.45) is 1.95. The van der Waals surface area contributed by atoms with Crippen molar-refractivity contribution in [2.75, 3.05) is 12.3 Å². The van der Waals surface area contributed by atoms with Crippen LogP contribution in [0.1, 0.15) is 24.2 Å². The van der Waals surface area contributed by atoms with Crippen molar-refractivity contribution in [2.45, 2.75) is 24.8 Å². The molecule has 0 saturated heterocycles. The Balaban J connectivity index is 2.06. The molecule has 1 N–H and O–H groups in total. The molecule has 1 unspecified atom stereocenters. The quantitative estimate of drug-likeness (QED) is 0.796. The summed E-state index contributed by atoms with van der Waals surface area (Å²) in [6, 6.07) is 12.4. The van der Waals surface area contributed by atoms with Crippen LogP contribution in [0, 0.1) is 6.92 Å². The van der Waals surface area contributed by atoms with Crippen molar-refractivity contribution in [1.29, 1.82) is 0 Å². The average Bonchev–Trinajstić information content (AvgIpc) is 2.46. The van der Waals surface area contributed by atoms with E-state index in [-0.39, 0.29) is 6.04 Å². The lowest BCUT2D eigenvalue weighted by atomic mass is 10.1. The van der Waals surface area contributed by atoms with Crippen molar-refractivity contribution in [2.24, 2.45) is 0 Å². The van der Waals surface area contributed by atoms with Gasteiger partial charge < -0.3 is 5.32 Å². The molecular weight excluding hydrogens is 288 g/mol. The van der Waals surface area contributed by atoms with Gasteiger partial charge in [-0.3, -0.25) is 4.98 Å². The SMILES string of the molecule is CCNC(CSc1ccccc1Cl)c1ccc(C)nc1. The topological polar surface area (TPSA) is 24.9 Å². The lowest BCUT2D eigenvalue weighted by Crippen LogP contribution is -2.23. The maximum atomic E-state index is 6.20. The van der Waals surface area contributed by atoms with Crippen LogP contribution in [0.15, 0.2) is 47.5 Å². The molecule has 0 saturated carbocycles. The van der Waals surface area contributed by atoms with Gasteiger partial charge in [-0.1, -0.05) is 36.7 Å². The Bertz CT molecular complexity index is 542. The summed E-state index contributed by atoms with van der Waals surface area (Å²) in [7, 11) is 0. The van der Waals surface area contributed by atoms with E-state index in [0.29, 0.717) is 0 Å². The summed E-state index contributed by atoms with van der Waals surface area (Å²) < 4.78 is 0. The Morgan fingerprint density at radius 1 is 1.25 bits per heavy atom. The number of hydrogen-bond donors (Lipinski definition) is 1. The Labute approximate surface area is 130 Å². The number of thioether (sulfide) groups is 1. The number of nitrogens with zero attached hydrogens (tertiary/aromatic N) is 1. The van der Waals surface area contributed by atoms with E-state index >= 15 is 0 Å². The van der Waals surface area contributed by atoms with E-state index in [9.17, 15) is 0 Å². The highest BCUT2D eigenvalue weighted by Crippen LogP contribution is 2.30. The first-order chi connectivity index (χ1) is 9.70. The van der Waals surface area contributed by atoms with Gasteiger partial charge in [0.05, 0.1) is 5.02 Å². The molecule has 0 aliphatic carbocycles. The van der Waals surface area contributed by atoms with E-state index in [2.05, 4.69) is 35.4 Å². The Morgan fingerprint density at radius 3 is 2.70 bits per heavy atom. The highest BCUT2D eigenvalue weighted by atomic mass is 35.5. The predicted molar refractivity (Wildman–Crippen MR) is 87.6 cm³/mol. The molecule has 2 aromatic rings. The molecule has 0 fully saturated rings. The van der Waals surface area contributed by atoms with Gasteiger partial charge in [-0.2, -0.15) is 0 Å². The molecule has 0 bridgehead atoms. The predicted octanol–water partition coefficient (Wildman–Crippen LogP) is 4.49. The normalized spacial score (nSPS) is 12.3. The molecule has 0 aliphatic rings. The first kappa shape index (κ1) is 15.4. The zero-order valence-electron chi connectivity index (χ0n) is 11.8. The molecule has 20 heavy (non-hydrogen) atoms. The van der Waals surface area contributed by atoms with Gasteiger partial charge in [0, 0.05) is 28.6 Å². The molecule has 0 amide bonds. The minimum atomic E-state index is 0.286. The highest BCUT2D eigenvalue weighted by molar-refractivity contribution is 7.99. The molecule has 2 nitrogen and oxygen atoms in total. The van der Waals surface area contributed by atoms with Crippen LogP contribution in [0.4, 0.5) is 0 Å². The molecule has 106 valence electrons.